The molecule has 13 heteroatoms. The number of sulfonamides is 1. The Morgan fingerprint density at radius 3 is 2.15 bits per heavy atom. The summed E-state index contributed by atoms with van der Waals surface area (Å²) < 4.78 is 28.0. The highest BCUT2D eigenvalue weighted by atomic mass is 32.2. The molecule has 0 saturated carbocycles. The number of benzene rings is 1. The van der Waals surface area contributed by atoms with Crippen LogP contribution in [0, 0.1) is 20.2 Å². The molecule has 0 radical (unpaired) electrons. The molecule has 0 N–H and O–H groups in total. The van der Waals surface area contributed by atoms with E-state index in [2.05, 4.69) is 4.98 Å². The first-order chi connectivity index (χ1) is 15.6. The normalized spacial score (nSPS) is 13.5. The van der Waals surface area contributed by atoms with E-state index in [1.165, 1.54) is 34.6 Å². The maximum absolute atomic E-state index is 13.4. The maximum atomic E-state index is 13.4. The second-order valence-electron chi connectivity index (χ2n) is 7.63. The average molecular weight is 477 g/mol. The number of aromatic nitrogens is 1. The van der Waals surface area contributed by atoms with Gasteiger partial charge in [0.15, 0.2) is 4.90 Å². The highest BCUT2D eigenvalue weighted by Crippen LogP contribution is 2.28. The van der Waals surface area contributed by atoms with Gasteiger partial charge in [-0.2, -0.15) is 4.31 Å². The van der Waals surface area contributed by atoms with E-state index in [0.29, 0.717) is 12.4 Å². The zero-order valence-corrected chi connectivity index (χ0v) is 19.0. The quantitative estimate of drug-likeness (QED) is 0.255. The van der Waals surface area contributed by atoms with Crippen LogP contribution in [0.15, 0.2) is 59.6 Å². The van der Waals surface area contributed by atoms with Crippen LogP contribution in [0.5, 0.6) is 0 Å². The fourth-order valence-electron chi connectivity index (χ4n) is 3.18. The molecular weight excluding hydrogens is 452 g/mol. The minimum Gasteiger partial charge on any atom is -0.345 e. The minimum atomic E-state index is -4.17. The summed E-state index contributed by atoms with van der Waals surface area (Å²) in [4.78, 5) is 28.5. The summed E-state index contributed by atoms with van der Waals surface area (Å²) in [7, 11) is -0.560. The molecule has 0 spiro atoms. The number of nitrogens with zero attached hydrogens (tertiary/aromatic N) is 6. The van der Waals surface area contributed by atoms with Crippen LogP contribution in [0.25, 0.3) is 0 Å². The van der Waals surface area contributed by atoms with Crippen LogP contribution in [0.1, 0.15) is 0 Å². The fourth-order valence-corrected chi connectivity index (χ4v) is 4.76. The van der Waals surface area contributed by atoms with Crippen molar-refractivity contribution >= 4 is 27.2 Å². The van der Waals surface area contributed by atoms with Gasteiger partial charge >= 0.3 is 0 Å². The van der Waals surface area contributed by atoms with Gasteiger partial charge in [0.1, 0.15) is 12.0 Å². The first kappa shape index (κ1) is 24.2. The van der Waals surface area contributed by atoms with E-state index in [0.717, 1.165) is 12.3 Å². The Bertz CT molecular complexity index is 1150. The molecule has 0 amide bonds. The SMILES string of the molecule is CN(C)CCN(CCN(c1ccc([N+](=O)[O-])cn1)C1C=C1)S(=O)(=O)c1ccccc1[N+](=O)[O-]. The van der Waals surface area contributed by atoms with Crippen molar-refractivity contribution < 1.29 is 18.3 Å². The topological polar surface area (TPSA) is 143 Å². The van der Waals surface area contributed by atoms with Crippen molar-refractivity contribution in [1.29, 1.82) is 0 Å². The third-order valence-electron chi connectivity index (χ3n) is 5.03. The lowest BCUT2D eigenvalue weighted by atomic mass is 10.3. The number of pyridine rings is 1. The average Bonchev–Trinajstić information content (AvgIpc) is 3.61. The van der Waals surface area contributed by atoms with Crippen molar-refractivity contribution in [2.24, 2.45) is 0 Å². The Labute approximate surface area is 191 Å². The van der Waals surface area contributed by atoms with E-state index < -0.39 is 25.6 Å². The van der Waals surface area contributed by atoms with Crippen molar-refractivity contribution in [2.75, 3.05) is 45.2 Å². The number of nitro groups is 2. The van der Waals surface area contributed by atoms with E-state index in [1.807, 2.05) is 22.0 Å². The fraction of sp³-hybridized carbons (Fsp3) is 0.350. The lowest BCUT2D eigenvalue weighted by Crippen LogP contribution is -2.43. The van der Waals surface area contributed by atoms with Crippen LogP contribution in [0.2, 0.25) is 0 Å². The Kier molecular flexibility index (Phi) is 7.36. The molecule has 12 nitrogen and oxygen atoms in total. The number of rotatable bonds is 12. The maximum Gasteiger partial charge on any atom is 0.289 e. The van der Waals surface area contributed by atoms with E-state index in [1.54, 1.807) is 14.1 Å². The summed E-state index contributed by atoms with van der Waals surface area (Å²) in [5, 5.41) is 22.3. The van der Waals surface area contributed by atoms with Crippen molar-refractivity contribution in [3.8, 4) is 0 Å². The number of nitro benzene ring substituents is 1. The number of para-hydroxylation sites is 1. The summed E-state index contributed by atoms with van der Waals surface area (Å²) in [5.74, 6) is 0.464. The largest absolute Gasteiger partial charge is 0.345 e. The third-order valence-corrected chi connectivity index (χ3v) is 6.97. The highest BCUT2D eigenvalue weighted by molar-refractivity contribution is 7.89. The Hall–Kier alpha value is -3.42. The molecule has 2 aromatic rings. The Morgan fingerprint density at radius 1 is 0.939 bits per heavy atom. The van der Waals surface area contributed by atoms with E-state index in [4.69, 9.17) is 0 Å². The van der Waals surface area contributed by atoms with Crippen molar-refractivity contribution in [3.05, 3.63) is 75.0 Å². The van der Waals surface area contributed by atoms with Gasteiger partial charge in [-0.05, 0) is 26.2 Å². The molecule has 0 atom stereocenters. The van der Waals surface area contributed by atoms with Gasteiger partial charge in [0, 0.05) is 38.3 Å². The third kappa shape index (κ3) is 5.88. The van der Waals surface area contributed by atoms with Gasteiger partial charge in [-0.1, -0.05) is 24.3 Å². The van der Waals surface area contributed by atoms with E-state index >= 15 is 0 Å². The summed E-state index contributed by atoms with van der Waals surface area (Å²) in [5.41, 5.74) is -0.626. The first-order valence-electron chi connectivity index (χ1n) is 10.0. The first-order valence-corrected chi connectivity index (χ1v) is 11.5. The number of hydrogen-bond acceptors (Lipinski definition) is 9. The summed E-state index contributed by atoms with van der Waals surface area (Å²) in [6.07, 6.45) is 4.94. The molecule has 1 aromatic carbocycles. The Balaban J connectivity index is 1.86. The molecule has 1 aliphatic carbocycles. The van der Waals surface area contributed by atoms with Gasteiger partial charge in [-0.15, -0.1) is 0 Å². The molecule has 176 valence electrons. The molecule has 0 bridgehead atoms. The van der Waals surface area contributed by atoms with Gasteiger partial charge < -0.3 is 9.80 Å². The number of likely N-dealkylation sites (N-methyl/N-ethyl adjacent to an activating group) is 1. The highest BCUT2D eigenvalue weighted by Gasteiger charge is 2.32. The monoisotopic (exact) mass is 476 g/mol. The molecule has 0 aliphatic heterocycles. The van der Waals surface area contributed by atoms with Crippen molar-refractivity contribution in [2.45, 2.75) is 10.9 Å². The summed E-state index contributed by atoms with van der Waals surface area (Å²) >= 11 is 0. The smallest absolute Gasteiger partial charge is 0.289 e. The van der Waals surface area contributed by atoms with Crippen LogP contribution < -0.4 is 4.90 Å². The molecule has 0 unspecified atom stereocenters. The molecule has 1 heterocycles. The predicted octanol–water partition coefficient (Wildman–Crippen LogP) is 1.90. The Morgan fingerprint density at radius 2 is 1.61 bits per heavy atom. The van der Waals surface area contributed by atoms with Crippen LogP contribution in [0.3, 0.4) is 0 Å². The molecular formula is C20H24N6O6S. The number of anilines is 1. The van der Waals surface area contributed by atoms with Gasteiger partial charge in [-0.3, -0.25) is 20.2 Å². The molecule has 0 fully saturated rings. The van der Waals surface area contributed by atoms with Crippen LogP contribution in [-0.2, 0) is 10.0 Å². The predicted molar refractivity (Wildman–Crippen MR) is 122 cm³/mol. The lowest BCUT2D eigenvalue weighted by molar-refractivity contribution is -0.387. The van der Waals surface area contributed by atoms with Gasteiger partial charge in [0.25, 0.3) is 11.4 Å². The minimum absolute atomic E-state index is 0.0407. The lowest BCUT2D eigenvalue weighted by Gasteiger charge is -2.29. The number of hydrogen-bond donors (Lipinski definition) is 0. The molecule has 1 aliphatic rings. The van der Waals surface area contributed by atoms with Crippen LogP contribution in [0.4, 0.5) is 17.2 Å². The van der Waals surface area contributed by atoms with Gasteiger partial charge in [0.2, 0.25) is 10.0 Å². The van der Waals surface area contributed by atoms with Crippen LogP contribution >= 0.6 is 0 Å². The molecule has 3 rings (SSSR count). The van der Waals surface area contributed by atoms with Crippen molar-refractivity contribution in [1.82, 2.24) is 14.2 Å². The molecule has 1 aromatic heterocycles. The van der Waals surface area contributed by atoms with Gasteiger partial charge in [-0.25, -0.2) is 13.4 Å². The van der Waals surface area contributed by atoms with E-state index in [9.17, 15) is 28.6 Å². The van der Waals surface area contributed by atoms with Crippen molar-refractivity contribution in [3.63, 3.8) is 0 Å². The van der Waals surface area contributed by atoms with Crippen LogP contribution in [-0.4, -0.2) is 78.8 Å². The molecule has 0 saturated heterocycles. The van der Waals surface area contributed by atoms with E-state index in [-0.39, 0.29) is 36.3 Å². The zero-order chi connectivity index (χ0) is 24.2. The zero-order valence-electron chi connectivity index (χ0n) is 18.1. The summed E-state index contributed by atoms with van der Waals surface area (Å²) in [6.45, 7) is 0.813. The standard InChI is InChI=1S/C20H24N6O6S/c1-22(2)11-12-23(33(31,32)19-6-4-3-5-18(19)26(29)30)13-14-24(16-7-8-16)20-10-9-17(15-21-20)25(27)28/h3-10,15-16H,11-14H2,1-2H3. The second kappa shape index (κ2) is 10.0. The molecule has 33 heavy (non-hydrogen) atoms. The van der Waals surface area contributed by atoms with Gasteiger partial charge in [0.05, 0.1) is 15.9 Å². The summed E-state index contributed by atoms with van der Waals surface area (Å²) in [6, 6.07) is 8.04. The second-order valence-corrected chi connectivity index (χ2v) is 9.54.